The molecule has 150 valence electrons. The standard InChI is InChI=1S/C24H27N3O2/c1-18-7-6-10-21-19(2)17-22(25-24(18)21)26-12-14-27(15-13-26)23(28)11-16-29-20-8-4-3-5-9-20/h3-10,17H,11-16H2,1-2H3. The van der Waals surface area contributed by atoms with Crippen LogP contribution in [0.25, 0.3) is 10.9 Å². The quantitative estimate of drug-likeness (QED) is 0.662. The van der Waals surface area contributed by atoms with Crippen LogP contribution in [0.15, 0.2) is 54.6 Å². The maximum Gasteiger partial charge on any atom is 0.226 e. The van der Waals surface area contributed by atoms with E-state index in [0.29, 0.717) is 13.0 Å². The van der Waals surface area contributed by atoms with Gasteiger partial charge in [-0.05, 0) is 43.2 Å². The number of hydrogen-bond donors (Lipinski definition) is 0. The highest BCUT2D eigenvalue weighted by molar-refractivity contribution is 5.86. The van der Waals surface area contributed by atoms with Crippen molar-refractivity contribution in [1.82, 2.24) is 9.88 Å². The number of aromatic nitrogens is 1. The molecule has 3 aromatic rings. The van der Waals surface area contributed by atoms with E-state index in [2.05, 4.69) is 43.0 Å². The molecule has 29 heavy (non-hydrogen) atoms. The van der Waals surface area contributed by atoms with Crippen LogP contribution in [0.3, 0.4) is 0 Å². The van der Waals surface area contributed by atoms with Crippen molar-refractivity contribution >= 4 is 22.6 Å². The van der Waals surface area contributed by atoms with Crippen molar-refractivity contribution in [3.63, 3.8) is 0 Å². The van der Waals surface area contributed by atoms with Crippen molar-refractivity contribution in [3.8, 4) is 5.75 Å². The average molecular weight is 389 g/mol. The van der Waals surface area contributed by atoms with Crippen molar-refractivity contribution in [2.24, 2.45) is 0 Å². The minimum absolute atomic E-state index is 0.152. The molecule has 1 aliphatic heterocycles. The van der Waals surface area contributed by atoms with Crippen LogP contribution < -0.4 is 9.64 Å². The normalized spacial score (nSPS) is 14.3. The Bertz CT molecular complexity index is 996. The monoisotopic (exact) mass is 389 g/mol. The molecule has 2 heterocycles. The Kier molecular flexibility index (Phi) is 5.65. The van der Waals surface area contributed by atoms with Crippen LogP contribution in [0.5, 0.6) is 5.75 Å². The number of piperazine rings is 1. The fraction of sp³-hybridized carbons (Fsp3) is 0.333. The number of carbonyl (C=O) groups excluding carboxylic acids is 1. The summed E-state index contributed by atoms with van der Waals surface area (Å²) in [6.07, 6.45) is 0.404. The number of ether oxygens (including phenoxy) is 1. The molecule has 0 spiro atoms. The zero-order chi connectivity index (χ0) is 20.2. The molecule has 1 saturated heterocycles. The lowest BCUT2D eigenvalue weighted by atomic mass is 10.1. The molecule has 5 nitrogen and oxygen atoms in total. The number of aryl methyl sites for hydroxylation is 2. The van der Waals surface area contributed by atoms with Gasteiger partial charge < -0.3 is 14.5 Å². The molecule has 0 unspecified atom stereocenters. The fourth-order valence-corrected chi connectivity index (χ4v) is 3.82. The van der Waals surface area contributed by atoms with E-state index in [1.807, 2.05) is 35.2 Å². The van der Waals surface area contributed by atoms with Gasteiger partial charge in [0.05, 0.1) is 18.5 Å². The number of pyridine rings is 1. The Morgan fingerprint density at radius 2 is 1.72 bits per heavy atom. The lowest BCUT2D eigenvalue weighted by molar-refractivity contribution is -0.132. The molecule has 0 radical (unpaired) electrons. The Balaban J connectivity index is 1.34. The number of rotatable bonds is 5. The predicted molar refractivity (Wildman–Crippen MR) is 117 cm³/mol. The largest absolute Gasteiger partial charge is 0.493 e. The lowest BCUT2D eigenvalue weighted by Gasteiger charge is -2.35. The summed E-state index contributed by atoms with van der Waals surface area (Å²) in [6, 6.07) is 18.1. The first-order chi connectivity index (χ1) is 14.1. The third kappa shape index (κ3) is 4.34. The van der Waals surface area contributed by atoms with Gasteiger partial charge in [0.15, 0.2) is 0 Å². The highest BCUT2D eigenvalue weighted by Crippen LogP contribution is 2.25. The molecule has 0 aliphatic carbocycles. The number of carbonyl (C=O) groups is 1. The third-order valence-electron chi connectivity index (χ3n) is 5.52. The highest BCUT2D eigenvalue weighted by Gasteiger charge is 2.22. The second-order valence-electron chi connectivity index (χ2n) is 7.55. The van der Waals surface area contributed by atoms with Crippen LogP contribution in [0, 0.1) is 13.8 Å². The van der Waals surface area contributed by atoms with Crippen LogP contribution >= 0.6 is 0 Å². The van der Waals surface area contributed by atoms with Crippen molar-refractivity contribution in [1.29, 1.82) is 0 Å². The van der Waals surface area contributed by atoms with Crippen molar-refractivity contribution in [2.45, 2.75) is 20.3 Å². The van der Waals surface area contributed by atoms with Crippen molar-refractivity contribution in [2.75, 3.05) is 37.7 Å². The topological polar surface area (TPSA) is 45.7 Å². The smallest absolute Gasteiger partial charge is 0.226 e. The van der Waals surface area contributed by atoms with Crippen molar-refractivity contribution in [3.05, 3.63) is 65.7 Å². The SMILES string of the molecule is Cc1cc(N2CCN(C(=O)CCOc3ccccc3)CC2)nc2c(C)cccc12. The van der Waals surface area contributed by atoms with Crippen LogP contribution in [-0.4, -0.2) is 48.6 Å². The van der Waals surface area contributed by atoms with Gasteiger partial charge in [0, 0.05) is 31.6 Å². The maximum absolute atomic E-state index is 12.5. The molecule has 0 bridgehead atoms. The number of amides is 1. The summed E-state index contributed by atoms with van der Waals surface area (Å²) in [6.45, 7) is 7.69. The molecule has 2 aromatic carbocycles. The van der Waals surface area contributed by atoms with E-state index < -0.39 is 0 Å². The van der Waals surface area contributed by atoms with Crippen molar-refractivity contribution < 1.29 is 9.53 Å². The zero-order valence-electron chi connectivity index (χ0n) is 17.1. The van der Waals surface area contributed by atoms with E-state index in [-0.39, 0.29) is 5.91 Å². The van der Waals surface area contributed by atoms with Gasteiger partial charge in [0.25, 0.3) is 0 Å². The average Bonchev–Trinajstić information content (AvgIpc) is 2.75. The minimum Gasteiger partial charge on any atom is -0.493 e. The summed E-state index contributed by atoms with van der Waals surface area (Å²) in [5.41, 5.74) is 3.50. The van der Waals surface area contributed by atoms with Gasteiger partial charge in [-0.1, -0.05) is 36.4 Å². The van der Waals surface area contributed by atoms with Gasteiger partial charge >= 0.3 is 0 Å². The first-order valence-electron chi connectivity index (χ1n) is 10.2. The Morgan fingerprint density at radius 1 is 0.966 bits per heavy atom. The van der Waals surface area contributed by atoms with E-state index in [1.54, 1.807) is 0 Å². The number of fused-ring (bicyclic) bond motifs is 1. The lowest BCUT2D eigenvalue weighted by Crippen LogP contribution is -2.49. The number of para-hydroxylation sites is 2. The summed E-state index contributed by atoms with van der Waals surface area (Å²) in [4.78, 5) is 21.6. The molecular formula is C24H27N3O2. The first kappa shape index (κ1) is 19.2. The van der Waals surface area contributed by atoms with Gasteiger partial charge in [-0.15, -0.1) is 0 Å². The number of benzene rings is 2. The van der Waals surface area contributed by atoms with Gasteiger partial charge in [-0.3, -0.25) is 4.79 Å². The molecule has 0 saturated carbocycles. The molecule has 0 N–H and O–H groups in total. The first-order valence-corrected chi connectivity index (χ1v) is 10.2. The summed E-state index contributed by atoms with van der Waals surface area (Å²) in [5.74, 6) is 1.96. The fourth-order valence-electron chi connectivity index (χ4n) is 3.82. The van der Waals surface area contributed by atoms with Gasteiger partial charge in [-0.2, -0.15) is 0 Å². The molecule has 0 atom stereocenters. The Morgan fingerprint density at radius 3 is 2.48 bits per heavy atom. The molecular weight excluding hydrogens is 362 g/mol. The molecule has 4 rings (SSSR count). The zero-order valence-corrected chi connectivity index (χ0v) is 17.1. The summed E-state index contributed by atoms with van der Waals surface area (Å²) < 4.78 is 5.66. The van der Waals surface area contributed by atoms with E-state index in [4.69, 9.17) is 9.72 Å². The van der Waals surface area contributed by atoms with Gasteiger partial charge in [-0.25, -0.2) is 4.98 Å². The molecule has 1 aromatic heterocycles. The van der Waals surface area contributed by atoms with E-state index in [9.17, 15) is 4.79 Å². The van der Waals surface area contributed by atoms with Crippen LogP contribution in [-0.2, 0) is 4.79 Å². The van der Waals surface area contributed by atoms with Crippen LogP contribution in [0.1, 0.15) is 17.5 Å². The Hall–Kier alpha value is -3.08. The second-order valence-corrected chi connectivity index (χ2v) is 7.55. The molecule has 5 heteroatoms. The second kappa shape index (κ2) is 8.52. The summed E-state index contributed by atoms with van der Waals surface area (Å²) in [5, 5.41) is 1.21. The summed E-state index contributed by atoms with van der Waals surface area (Å²) in [7, 11) is 0. The number of nitrogens with zero attached hydrogens (tertiary/aromatic N) is 3. The molecule has 1 fully saturated rings. The third-order valence-corrected chi connectivity index (χ3v) is 5.52. The minimum atomic E-state index is 0.152. The van der Waals surface area contributed by atoms with Crippen LogP contribution in [0.4, 0.5) is 5.82 Å². The molecule has 1 amide bonds. The van der Waals surface area contributed by atoms with E-state index in [1.165, 1.54) is 16.5 Å². The molecule has 1 aliphatic rings. The number of anilines is 1. The Labute approximate surface area is 171 Å². The van der Waals surface area contributed by atoms with E-state index >= 15 is 0 Å². The van der Waals surface area contributed by atoms with Gasteiger partial charge in [0.2, 0.25) is 5.91 Å². The predicted octanol–water partition coefficient (Wildman–Crippen LogP) is 3.97. The number of hydrogen-bond acceptors (Lipinski definition) is 4. The maximum atomic E-state index is 12.5. The van der Waals surface area contributed by atoms with E-state index in [0.717, 1.165) is 43.3 Å². The van der Waals surface area contributed by atoms with Crippen LogP contribution in [0.2, 0.25) is 0 Å². The van der Waals surface area contributed by atoms with Gasteiger partial charge in [0.1, 0.15) is 11.6 Å². The summed E-state index contributed by atoms with van der Waals surface area (Å²) >= 11 is 0. The highest BCUT2D eigenvalue weighted by atomic mass is 16.5.